The van der Waals surface area contributed by atoms with E-state index in [9.17, 15) is 13.2 Å². The molecule has 0 aliphatic carbocycles. The molecule has 0 radical (unpaired) electrons. The Balaban J connectivity index is 1.61. The average molecular weight is 366 g/mol. The SMILES string of the molecule is O=c1[nH]c2ccc(S(=O)(=O)Nc3ccc(-c4ccccc4)nc3)cc2[nH]1. The number of sulfonamides is 1. The van der Waals surface area contributed by atoms with Crippen LogP contribution in [0.5, 0.6) is 0 Å². The number of fused-ring (bicyclic) bond motifs is 1. The summed E-state index contributed by atoms with van der Waals surface area (Å²) in [6, 6.07) is 17.4. The Morgan fingerprint density at radius 2 is 1.65 bits per heavy atom. The highest BCUT2D eigenvalue weighted by atomic mass is 32.2. The van der Waals surface area contributed by atoms with Gasteiger partial charge in [0.2, 0.25) is 0 Å². The second-order valence-corrected chi connectivity index (χ2v) is 7.37. The highest BCUT2D eigenvalue weighted by molar-refractivity contribution is 7.92. The molecular formula is C18H14N4O3S. The summed E-state index contributed by atoms with van der Waals surface area (Å²) in [6.45, 7) is 0. The van der Waals surface area contributed by atoms with Gasteiger partial charge in [0.25, 0.3) is 10.0 Å². The fourth-order valence-electron chi connectivity index (χ4n) is 2.63. The van der Waals surface area contributed by atoms with E-state index in [1.807, 2.05) is 30.3 Å². The van der Waals surface area contributed by atoms with Crippen molar-refractivity contribution >= 4 is 26.7 Å². The summed E-state index contributed by atoms with van der Waals surface area (Å²) in [6.07, 6.45) is 1.47. The first kappa shape index (κ1) is 16.1. The van der Waals surface area contributed by atoms with Crippen LogP contribution in [0.4, 0.5) is 5.69 Å². The van der Waals surface area contributed by atoms with Gasteiger partial charge in [-0.3, -0.25) is 9.71 Å². The zero-order valence-electron chi connectivity index (χ0n) is 13.4. The molecular weight excluding hydrogens is 352 g/mol. The Morgan fingerprint density at radius 3 is 2.38 bits per heavy atom. The molecule has 4 rings (SSSR count). The Labute approximate surface area is 148 Å². The molecule has 2 aromatic carbocycles. The van der Waals surface area contributed by atoms with Crippen molar-refractivity contribution in [1.29, 1.82) is 0 Å². The van der Waals surface area contributed by atoms with Crippen LogP contribution in [0.15, 0.2) is 76.6 Å². The normalized spacial score (nSPS) is 11.5. The summed E-state index contributed by atoms with van der Waals surface area (Å²) >= 11 is 0. The average Bonchev–Trinajstić information content (AvgIpc) is 3.02. The molecule has 130 valence electrons. The molecule has 2 aromatic heterocycles. The summed E-state index contributed by atoms with van der Waals surface area (Å²) in [5.74, 6) is 0. The number of rotatable bonds is 4. The van der Waals surface area contributed by atoms with Crippen LogP contribution >= 0.6 is 0 Å². The molecule has 4 aromatic rings. The molecule has 0 saturated heterocycles. The van der Waals surface area contributed by atoms with Gasteiger partial charge in [0.1, 0.15) is 0 Å². The van der Waals surface area contributed by atoms with E-state index in [1.54, 1.807) is 18.2 Å². The Morgan fingerprint density at radius 1 is 0.885 bits per heavy atom. The summed E-state index contributed by atoms with van der Waals surface area (Å²) < 4.78 is 27.6. The number of H-pyrrole nitrogens is 2. The maximum atomic E-state index is 12.6. The number of imidazole rings is 1. The summed E-state index contributed by atoms with van der Waals surface area (Å²) in [4.78, 5) is 20.8. The van der Waals surface area contributed by atoms with E-state index >= 15 is 0 Å². The van der Waals surface area contributed by atoms with Crippen LogP contribution in [0, 0.1) is 0 Å². The highest BCUT2D eigenvalue weighted by Crippen LogP contribution is 2.21. The summed E-state index contributed by atoms with van der Waals surface area (Å²) in [7, 11) is -3.80. The molecule has 2 heterocycles. The Bertz CT molecular complexity index is 1230. The molecule has 7 nitrogen and oxygen atoms in total. The lowest BCUT2D eigenvalue weighted by atomic mass is 10.1. The van der Waals surface area contributed by atoms with Crippen LogP contribution in [-0.2, 0) is 10.0 Å². The van der Waals surface area contributed by atoms with Gasteiger partial charge in [-0.15, -0.1) is 0 Å². The first-order valence-corrected chi connectivity index (χ1v) is 9.26. The van der Waals surface area contributed by atoms with Crippen LogP contribution < -0.4 is 10.4 Å². The number of anilines is 1. The second kappa shape index (κ2) is 6.16. The first-order valence-electron chi connectivity index (χ1n) is 7.78. The molecule has 0 saturated carbocycles. The van der Waals surface area contributed by atoms with Gasteiger partial charge in [0.15, 0.2) is 0 Å². The van der Waals surface area contributed by atoms with Gasteiger partial charge in [0.05, 0.1) is 33.5 Å². The van der Waals surface area contributed by atoms with Crippen molar-refractivity contribution < 1.29 is 8.42 Å². The lowest BCUT2D eigenvalue weighted by molar-refractivity contribution is 0.601. The molecule has 0 unspecified atom stereocenters. The molecule has 0 atom stereocenters. The number of aromatic amines is 2. The zero-order chi connectivity index (χ0) is 18.1. The van der Waals surface area contributed by atoms with E-state index < -0.39 is 10.0 Å². The van der Waals surface area contributed by atoms with E-state index in [4.69, 9.17) is 0 Å². The van der Waals surface area contributed by atoms with Crippen molar-refractivity contribution in [3.63, 3.8) is 0 Å². The first-order chi connectivity index (χ1) is 12.5. The number of nitrogens with zero attached hydrogens (tertiary/aromatic N) is 1. The third-order valence-electron chi connectivity index (χ3n) is 3.88. The van der Waals surface area contributed by atoms with E-state index in [1.165, 1.54) is 18.3 Å². The van der Waals surface area contributed by atoms with Gasteiger partial charge < -0.3 is 9.97 Å². The lowest BCUT2D eigenvalue weighted by Gasteiger charge is -2.08. The molecule has 0 amide bonds. The minimum atomic E-state index is -3.80. The highest BCUT2D eigenvalue weighted by Gasteiger charge is 2.15. The third-order valence-corrected chi connectivity index (χ3v) is 5.26. The lowest BCUT2D eigenvalue weighted by Crippen LogP contribution is -2.13. The van der Waals surface area contributed by atoms with Crippen LogP contribution in [-0.4, -0.2) is 23.4 Å². The zero-order valence-corrected chi connectivity index (χ0v) is 14.2. The van der Waals surface area contributed by atoms with E-state index in [0.29, 0.717) is 16.7 Å². The van der Waals surface area contributed by atoms with Gasteiger partial charge in [-0.05, 0) is 30.3 Å². The van der Waals surface area contributed by atoms with Gasteiger partial charge in [0, 0.05) is 5.56 Å². The Kier molecular flexibility index (Phi) is 3.81. The number of hydrogen-bond acceptors (Lipinski definition) is 4. The van der Waals surface area contributed by atoms with E-state index in [0.717, 1.165) is 11.3 Å². The molecule has 3 N–H and O–H groups in total. The van der Waals surface area contributed by atoms with Crippen LogP contribution in [0.25, 0.3) is 22.3 Å². The smallest absolute Gasteiger partial charge is 0.306 e. The number of hydrogen-bond donors (Lipinski definition) is 3. The van der Waals surface area contributed by atoms with Gasteiger partial charge >= 0.3 is 5.69 Å². The quantitative estimate of drug-likeness (QED) is 0.516. The predicted octanol–water partition coefficient (Wildman–Crippen LogP) is 2.72. The standard InChI is InChI=1S/C18H14N4O3S/c23-18-20-16-9-7-14(10-17(16)21-18)26(24,25)22-13-6-8-15(19-11-13)12-4-2-1-3-5-12/h1-11,22H,(H2,20,21,23). The monoisotopic (exact) mass is 366 g/mol. The van der Waals surface area contributed by atoms with Crippen molar-refractivity contribution in [3.05, 3.63) is 77.3 Å². The molecule has 0 fully saturated rings. The van der Waals surface area contributed by atoms with E-state index in [2.05, 4.69) is 19.7 Å². The molecule has 26 heavy (non-hydrogen) atoms. The number of pyridine rings is 1. The van der Waals surface area contributed by atoms with Crippen LogP contribution in [0.1, 0.15) is 0 Å². The van der Waals surface area contributed by atoms with Crippen molar-refractivity contribution in [1.82, 2.24) is 15.0 Å². The molecule has 0 aliphatic rings. The van der Waals surface area contributed by atoms with Crippen molar-refractivity contribution in [2.24, 2.45) is 0 Å². The molecule has 0 spiro atoms. The topological polar surface area (TPSA) is 108 Å². The number of aromatic nitrogens is 3. The second-order valence-electron chi connectivity index (χ2n) is 5.69. The van der Waals surface area contributed by atoms with Crippen molar-refractivity contribution in [2.45, 2.75) is 4.90 Å². The minimum absolute atomic E-state index is 0.0485. The minimum Gasteiger partial charge on any atom is -0.306 e. The largest absolute Gasteiger partial charge is 0.323 e. The predicted molar refractivity (Wildman–Crippen MR) is 99.4 cm³/mol. The van der Waals surface area contributed by atoms with Gasteiger partial charge in [-0.2, -0.15) is 0 Å². The van der Waals surface area contributed by atoms with Crippen LogP contribution in [0.3, 0.4) is 0 Å². The number of nitrogens with one attached hydrogen (secondary N) is 3. The molecule has 0 bridgehead atoms. The fourth-order valence-corrected chi connectivity index (χ4v) is 3.70. The van der Waals surface area contributed by atoms with Crippen molar-refractivity contribution in [2.75, 3.05) is 4.72 Å². The maximum Gasteiger partial charge on any atom is 0.323 e. The maximum absolute atomic E-state index is 12.6. The molecule has 8 heteroatoms. The summed E-state index contributed by atoms with van der Waals surface area (Å²) in [5.41, 5.74) is 2.64. The van der Waals surface area contributed by atoms with E-state index in [-0.39, 0.29) is 10.6 Å². The van der Waals surface area contributed by atoms with Crippen molar-refractivity contribution in [3.8, 4) is 11.3 Å². The number of benzene rings is 2. The fraction of sp³-hybridized carbons (Fsp3) is 0. The Hall–Kier alpha value is -3.39. The van der Waals surface area contributed by atoms with Gasteiger partial charge in [-0.25, -0.2) is 13.2 Å². The summed E-state index contributed by atoms with van der Waals surface area (Å²) in [5, 5.41) is 0. The molecule has 0 aliphatic heterocycles. The van der Waals surface area contributed by atoms with Crippen LogP contribution in [0.2, 0.25) is 0 Å². The van der Waals surface area contributed by atoms with Gasteiger partial charge in [-0.1, -0.05) is 30.3 Å². The third kappa shape index (κ3) is 3.09.